The quantitative estimate of drug-likeness (QED) is 0.149. The largest absolute Gasteiger partial charge is 0.309 e. The molecule has 332 valence electrons. The van der Waals surface area contributed by atoms with E-state index in [4.69, 9.17) is 9.98 Å². The van der Waals surface area contributed by atoms with E-state index in [-0.39, 0.29) is 0 Å². The van der Waals surface area contributed by atoms with Gasteiger partial charge in [-0.05, 0) is 143 Å². The Morgan fingerprint density at radius 3 is 1.80 bits per heavy atom. The molecule has 15 rings (SSSR count). The Labute approximate surface area is 411 Å². The number of nitrogens with zero attached hydrogens (tertiary/aromatic N) is 3. The number of hydrogen-bond donors (Lipinski definition) is 0. The molecule has 0 radical (unpaired) electrons. The van der Waals surface area contributed by atoms with Gasteiger partial charge in [-0.25, -0.2) is 9.98 Å². The number of aliphatic imine (C=N–C) groups is 2. The lowest BCUT2D eigenvalue weighted by atomic mass is 9.83. The van der Waals surface area contributed by atoms with Crippen molar-refractivity contribution in [2.75, 3.05) is 0 Å². The van der Waals surface area contributed by atoms with Gasteiger partial charge in [-0.1, -0.05) is 195 Å². The van der Waals surface area contributed by atoms with E-state index < -0.39 is 5.54 Å². The van der Waals surface area contributed by atoms with E-state index in [1.807, 2.05) is 6.07 Å². The molecule has 2 atom stereocenters. The molecule has 0 amide bonds. The van der Waals surface area contributed by atoms with Crippen molar-refractivity contribution in [3.8, 4) is 27.9 Å². The summed E-state index contributed by atoms with van der Waals surface area (Å²) in [6, 6.07) is 80.1. The Hall–Kier alpha value is -8.92. The van der Waals surface area contributed by atoms with Gasteiger partial charge in [0, 0.05) is 33.2 Å². The van der Waals surface area contributed by atoms with Gasteiger partial charge in [0.05, 0.1) is 16.7 Å². The monoisotopic (exact) mass is 903 g/mol. The zero-order valence-electron chi connectivity index (χ0n) is 39.1. The van der Waals surface area contributed by atoms with Gasteiger partial charge < -0.3 is 4.57 Å². The molecule has 0 fully saturated rings. The van der Waals surface area contributed by atoms with Crippen molar-refractivity contribution < 1.29 is 0 Å². The van der Waals surface area contributed by atoms with E-state index >= 15 is 0 Å². The first-order chi connectivity index (χ1) is 35.1. The maximum atomic E-state index is 5.47. The van der Waals surface area contributed by atoms with Gasteiger partial charge in [-0.2, -0.15) is 0 Å². The van der Waals surface area contributed by atoms with Crippen molar-refractivity contribution in [2.24, 2.45) is 15.9 Å². The van der Waals surface area contributed by atoms with Crippen LogP contribution in [0.4, 0.5) is 0 Å². The number of amidine groups is 1. The third-order valence-corrected chi connectivity index (χ3v) is 15.5. The molecule has 1 aliphatic heterocycles. The first kappa shape index (κ1) is 40.0. The van der Waals surface area contributed by atoms with Crippen LogP contribution in [-0.4, -0.2) is 16.1 Å². The molecular formula is C68H45N3. The minimum Gasteiger partial charge on any atom is -0.309 e. The molecule has 11 aromatic carbocycles. The standard InChI is InChI=1S/C68H45N3/c1-42-24-33-55-59(36-42)52-19-9-8-18-51(52)54-34-32-50(40-60(54)55)71-64-23-13-12-22-57(64)61-38-48(31-35-65(61)71)44-27-25-43(26-28-44)47-29-30-49-39-62(56-21-11-10-20-53(56)58(49)37-47)68-41-63(68)66(45-14-4-2-5-15-45)69-67(70-68)46-16-6-3-7-17-46/h2-35,37-42H,36H2,1H3. The average molecular weight is 904 g/mol. The lowest BCUT2D eigenvalue weighted by molar-refractivity contribution is 0.722. The molecule has 2 unspecified atom stereocenters. The van der Waals surface area contributed by atoms with Gasteiger partial charge in [0.1, 0.15) is 5.54 Å². The summed E-state index contributed by atoms with van der Waals surface area (Å²) in [5.74, 6) is 1.28. The third-order valence-electron chi connectivity index (χ3n) is 15.5. The van der Waals surface area contributed by atoms with Gasteiger partial charge in [-0.3, -0.25) is 0 Å². The molecule has 2 aliphatic carbocycles. The average Bonchev–Trinajstić information content (AvgIpc) is 4.10. The predicted octanol–water partition coefficient (Wildman–Crippen LogP) is 17.0. The Kier molecular flexibility index (Phi) is 8.62. The maximum absolute atomic E-state index is 5.47. The highest BCUT2D eigenvalue weighted by Gasteiger charge is 2.52. The summed E-state index contributed by atoms with van der Waals surface area (Å²) >= 11 is 0. The van der Waals surface area contributed by atoms with Crippen LogP contribution in [0.1, 0.15) is 34.7 Å². The molecule has 3 heteroatoms. The highest BCUT2D eigenvalue weighted by Crippen LogP contribution is 2.55. The van der Waals surface area contributed by atoms with E-state index in [2.05, 4.69) is 242 Å². The van der Waals surface area contributed by atoms with Crippen molar-refractivity contribution >= 4 is 82.5 Å². The lowest BCUT2D eigenvalue weighted by Gasteiger charge is -2.24. The number of benzene rings is 11. The second kappa shape index (κ2) is 15.3. The summed E-state index contributed by atoms with van der Waals surface area (Å²) in [6.07, 6.45) is 8.12. The van der Waals surface area contributed by atoms with Crippen LogP contribution >= 0.6 is 0 Å². The smallest absolute Gasteiger partial charge is 0.156 e. The van der Waals surface area contributed by atoms with Crippen LogP contribution in [-0.2, 0) is 12.0 Å². The van der Waals surface area contributed by atoms with Gasteiger partial charge >= 0.3 is 0 Å². The molecule has 0 N–H and O–H groups in total. The van der Waals surface area contributed by atoms with Crippen LogP contribution in [0.3, 0.4) is 0 Å². The number of aromatic nitrogens is 1. The summed E-state index contributed by atoms with van der Waals surface area (Å²) in [4.78, 5) is 10.7. The Bertz CT molecular complexity index is 4360. The summed E-state index contributed by atoms with van der Waals surface area (Å²) < 4.78 is 2.46. The van der Waals surface area contributed by atoms with E-state index in [1.165, 1.54) is 115 Å². The van der Waals surface area contributed by atoms with Crippen molar-refractivity contribution in [1.82, 2.24) is 4.57 Å². The van der Waals surface area contributed by atoms with Crippen molar-refractivity contribution in [2.45, 2.75) is 18.9 Å². The number of hydrogen-bond acceptors (Lipinski definition) is 2. The maximum Gasteiger partial charge on any atom is 0.156 e. The zero-order valence-corrected chi connectivity index (χ0v) is 39.1. The minimum atomic E-state index is -0.583. The fourth-order valence-corrected chi connectivity index (χ4v) is 12.0. The number of allylic oxidation sites excluding steroid dienone is 1. The van der Waals surface area contributed by atoms with Crippen LogP contribution in [0.15, 0.2) is 246 Å². The summed E-state index contributed by atoms with van der Waals surface area (Å²) in [7, 11) is 0. The normalized spacial score (nSPS) is 17.1. The van der Waals surface area contributed by atoms with Gasteiger partial charge in [-0.15, -0.1) is 0 Å². The SMILES string of the molecule is CC1C=Cc2c(c3ccccc3c3ccc(-n4c5ccccc5c5cc(-c6ccc(-c7ccc8cc(C9%10C=C9C(c9ccccc9)=NC(c9ccccc9)=N%10)c9ccccc9c8c7)cc6)ccc54)cc23)C1. The number of fused-ring (bicyclic) bond motifs is 13. The van der Waals surface area contributed by atoms with Crippen molar-refractivity contribution in [3.05, 3.63) is 264 Å². The van der Waals surface area contributed by atoms with Crippen LogP contribution in [0.2, 0.25) is 0 Å². The molecule has 0 saturated heterocycles. The Morgan fingerprint density at radius 1 is 0.451 bits per heavy atom. The van der Waals surface area contributed by atoms with Crippen molar-refractivity contribution in [1.29, 1.82) is 0 Å². The molecule has 12 aromatic rings. The molecule has 71 heavy (non-hydrogen) atoms. The first-order valence-corrected chi connectivity index (χ1v) is 24.9. The highest BCUT2D eigenvalue weighted by atomic mass is 15.1. The molecule has 0 saturated carbocycles. The number of para-hydroxylation sites is 1. The zero-order chi connectivity index (χ0) is 46.8. The Morgan fingerprint density at radius 2 is 1.04 bits per heavy atom. The first-order valence-electron chi connectivity index (χ1n) is 24.9. The summed E-state index contributed by atoms with van der Waals surface area (Å²) in [5, 5.41) is 12.7. The molecule has 0 bridgehead atoms. The summed E-state index contributed by atoms with van der Waals surface area (Å²) in [5.41, 5.74) is 16.1. The molecular weight excluding hydrogens is 859 g/mol. The van der Waals surface area contributed by atoms with Gasteiger partial charge in [0.15, 0.2) is 5.84 Å². The molecule has 0 spiro atoms. The van der Waals surface area contributed by atoms with Crippen molar-refractivity contribution in [3.63, 3.8) is 0 Å². The van der Waals surface area contributed by atoms with Crippen LogP contribution in [0.5, 0.6) is 0 Å². The number of rotatable bonds is 6. The van der Waals surface area contributed by atoms with E-state index in [0.717, 1.165) is 29.1 Å². The topological polar surface area (TPSA) is 29.6 Å². The van der Waals surface area contributed by atoms with Crippen LogP contribution in [0, 0.1) is 5.92 Å². The second-order valence-electron chi connectivity index (χ2n) is 19.7. The highest BCUT2D eigenvalue weighted by molar-refractivity contribution is 6.27. The van der Waals surface area contributed by atoms with E-state index in [9.17, 15) is 0 Å². The fourth-order valence-electron chi connectivity index (χ4n) is 12.0. The molecule has 2 heterocycles. The lowest BCUT2D eigenvalue weighted by Crippen LogP contribution is -2.22. The molecule has 3 nitrogen and oxygen atoms in total. The third kappa shape index (κ3) is 6.16. The predicted molar refractivity (Wildman–Crippen MR) is 299 cm³/mol. The van der Waals surface area contributed by atoms with Gasteiger partial charge in [0.25, 0.3) is 0 Å². The van der Waals surface area contributed by atoms with Crippen LogP contribution in [0.25, 0.3) is 98.9 Å². The Balaban J connectivity index is 0.790. The second-order valence-corrected chi connectivity index (χ2v) is 19.7. The minimum absolute atomic E-state index is 0.524. The van der Waals surface area contributed by atoms with E-state index in [1.54, 1.807) is 0 Å². The molecule has 1 aromatic heterocycles. The van der Waals surface area contributed by atoms with Gasteiger partial charge in [0.2, 0.25) is 0 Å². The van der Waals surface area contributed by atoms with Crippen LogP contribution < -0.4 is 0 Å². The van der Waals surface area contributed by atoms with E-state index in [0.29, 0.717) is 5.92 Å². The summed E-state index contributed by atoms with van der Waals surface area (Å²) in [6.45, 7) is 2.32. The fraction of sp³-hybridized carbons (Fsp3) is 0.0588. The molecule has 3 aliphatic rings.